The predicted octanol–water partition coefficient (Wildman–Crippen LogP) is 6.28. The molecule has 1 heterocycles. The van der Waals surface area contributed by atoms with Gasteiger partial charge in [0.05, 0.1) is 34.5 Å². The number of nitrogens with one attached hydrogen (secondary N) is 1. The maximum atomic E-state index is 13.1. The molecule has 0 bridgehead atoms. The number of ether oxygens (including phenoxy) is 2. The van der Waals surface area contributed by atoms with Crippen LogP contribution < -0.4 is 19.7 Å². The molecule has 0 spiro atoms. The fourth-order valence-corrected chi connectivity index (χ4v) is 3.92. The number of hydrogen-bond acceptors (Lipinski definition) is 5. The Morgan fingerprint density at radius 1 is 0.971 bits per heavy atom. The molecule has 3 rings (SSSR count). The van der Waals surface area contributed by atoms with Crippen LogP contribution in [0.25, 0.3) is 6.08 Å². The van der Waals surface area contributed by atoms with Crippen molar-refractivity contribution in [2.45, 2.75) is 32.6 Å². The minimum atomic E-state index is -0.895. The number of halogens is 3. The third kappa shape index (κ3) is 5.84. The zero-order valence-corrected chi connectivity index (χ0v) is 20.9. The number of carbonyl (C=O) groups is 3. The fourth-order valence-electron chi connectivity index (χ4n) is 3.35. The Labute approximate surface area is 212 Å². The van der Waals surface area contributed by atoms with Crippen LogP contribution >= 0.6 is 34.8 Å². The highest BCUT2D eigenvalue weighted by Gasteiger charge is 2.37. The highest BCUT2D eigenvalue weighted by atomic mass is 35.5. The van der Waals surface area contributed by atoms with E-state index in [4.69, 9.17) is 44.3 Å². The van der Waals surface area contributed by atoms with E-state index in [1.165, 1.54) is 31.4 Å². The van der Waals surface area contributed by atoms with Gasteiger partial charge in [-0.05, 0) is 48.4 Å². The number of methoxy groups -OCH3 is 1. The Kier molecular flexibility index (Phi) is 8.83. The Bertz CT molecular complexity index is 1150. The van der Waals surface area contributed by atoms with Crippen molar-refractivity contribution in [3.63, 3.8) is 0 Å². The van der Waals surface area contributed by atoms with E-state index >= 15 is 0 Å². The smallest absolute Gasteiger partial charge is 0.335 e. The zero-order valence-electron chi connectivity index (χ0n) is 18.6. The molecule has 34 heavy (non-hydrogen) atoms. The van der Waals surface area contributed by atoms with Crippen molar-refractivity contribution in [3.8, 4) is 11.5 Å². The average Bonchev–Trinajstić information content (AvgIpc) is 2.79. The molecule has 2 aromatic rings. The molecule has 0 radical (unpaired) electrons. The monoisotopic (exact) mass is 524 g/mol. The van der Waals surface area contributed by atoms with Gasteiger partial charge in [-0.2, -0.15) is 0 Å². The van der Waals surface area contributed by atoms with E-state index in [9.17, 15) is 14.4 Å². The summed E-state index contributed by atoms with van der Waals surface area (Å²) in [4.78, 5) is 38.8. The van der Waals surface area contributed by atoms with E-state index in [0.717, 1.165) is 30.6 Å². The van der Waals surface area contributed by atoms with Crippen molar-refractivity contribution in [1.29, 1.82) is 0 Å². The number of amides is 4. The number of rotatable bonds is 9. The normalized spacial score (nSPS) is 15.0. The number of carbonyl (C=O) groups excluding carboxylic acids is 3. The van der Waals surface area contributed by atoms with Crippen LogP contribution in [-0.4, -0.2) is 31.6 Å². The second-order valence-corrected chi connectivity index (χ2v) is 8.72. The van der Waals surface area contributed by atoms with Crippen molar-refractivity contribution < 1.29 is 23.9 Å². The maximum Gasteiger partial charge on any atom is 0.335 e. The van der Waals surface area contributed by atoms with Gasteiger partial charge in [0.2, 0.25) is 0 Å². The number of unbranched alkanes of at least 4 members (excludes halogenated alkanes) is 3. The molecular weight excluding hydrogens is 503 g/mol. The second kappa shape index (κ2) is 11.6. The average molecular weight is 526 g/mol. The van der Waals surface area contributed by atoms with Gasteiger partial charge in [-0.3, -0.25) is 14.9 Å². The summed E-state index contributed by atoms with van der Waals surface area (Å²) in [5, 5.41) is 2.84. The van der Waals surface area contributed by atoms with Gasteiger partial charge >= 0.3 is 6.03 Å². The third-order valence-corrected chi connectivity index (χ3v) is 6.09. The molecule has 0 atom stereocenters. The predicted molar refractivity (Wildman–Crippen MR) is 133 cm³/mol. The molecular formula is C24H23Cl3N2O5. The van der Waals surface area contributed by atoms with Gasteiger partial charge in [-0.15, -0.1) is 0 Å². The summed E-state index contributed by atoms with van der Waals surface area (Å²) in [6, 6.07) is 6.52. The Morgan fingerprint density at radius 3 is 2.41 bits per heavy atom. The topological polar surface area (TPSA) is 84.9 Å². The van der Waals surface area contributed by atoms with Crippen LogP contribution in [0.4, 0.5) is 10.5 Å². The van der Waals surface area contributed by atoms with E-state index in [2.05, 4.69) is 12.2 Å². The Hall–Kier alpha value is -2.74. The maximum absolute atomic E-state index is 13.1. The minimum absolute atomic E-state index is 0.156. The molecule has 1 aliphatic heterocycles. The van der Waals surface area contributed by atoms with Crippen LogP contribution in [-0.2, 0) is 9.59 Å². The molecule has 180 valence electrons. The number of urea groups is 1. The summed E-state index contributed by atoms with van der Waals surface area (Å²) >= 11 is 18.4. The number of nitrogens with zero attached hydrogens (tertiary/aromatic N) is 1. The highest BCUT2D eigenvalue weighted by molar-refractivity contribution is 6.43. The molecule has 0 saturated carbocycles. The third-order valence-electron chi connectivity index (χ3n) is 5.07. The molecule has 1 aliphatic rings. The van der Waals surface area contributed by atoms with Gasteiger partial charge < -0.3 is 9.47 Å². The number of imide groups is 2. The van der Waals surface area contributed by atoms with Crippen molar-refractivity contribution in [2.75, 3.05) is 18.6 Å². The first-order chi connectivity index (χ1) is 16.3. The van der Waals surface area contributed by atoms with Crippen LogP contribution in [0.5, 0.6) is 11.5 Å². The lowest BCUT2D eigenvalue weighted by Gasteiger charge is -2.26. The summed E-state index contributed by atoms with van der Waals surface area (Å²) in [7, 11) is 1.47. The summed E-state index contributed by atoms with van der Waals surface area (Å²) in [5.74, 6) is -0.915. The molecule has 1 fully saturated rings. The highest BCUT2D eigenvalue weighted by Crippen LogP contribution is 2.37. The SMILES string of the molecule is CCCCCCOc1c(Cl)cc(/C=C2/C(=O)NC(=O)N(c3ccc(Cl)c(Cl)c3)C2=O)cc1OC. The largest absolute Gasteiger partial charge is 0.493 e. The lowest BCUT2D eigenvalue weighted by Crippen LogP contribution is -2.54. The van der Waals surface area contributed by atoms with Gasteiger partial charge in [0.1, 0.15) is 5.57 Å². The van der Waals surface area contributed by atoms with Gasteiger partial charge in [0, 0.05) is 0 Å². The standard InChI is InChI=1S/C24H23Cl3N2O5/c1-3-4-5-6-9-34-21-19(27)11-14(12-20(21)33-2)10-16-22(30)28-24(32)29(23(16)31)15-7-8-17(25)18(26)13-15/h7-8,10-13H,3-6,9H2,1-2H3,(H,28,30,32)/b16-10-. The van der Waals surface area contributed by atoms with Crippen LogP contribution in [0.2, 0.25) is 15.1 Å². The van der Waals surface area contributed by atoms with Crippen molar-refractivity contribution in [3.05, 3.63) is 56.5 Å². The Balaban J connectivity index is 1.90. The van der Waals surface area contributed by atoms with Gasteiger partial charge in [-0.1, -0.05) is 61.0 Å². The van der Waals surface area contributed by atoms with E-state index in [-0.39, 0.29) is 26.3 Å². The fraction of sp³-hybridized carbons (Fsp3) is 0.292. The first-order valence-corrected chi connectivity index (χ1v) is 11.8. The van der Waals surface area contributed by atoms with Crippen LogP contribution in [0, 0.1) is 0 Å². The number of benzene rings is 2. The zero-order chi connectivity index (χ0) is 24.8. The lowest BCUT2D eigenvalue weighted by atomic mass is 10.1. The van der Waals surface area contributed by atoms with Crippen molar-refractivity contribution >= 4 is 64.4 Å². The summed E-state index contributed by atoms with van der Waals surface area (Å²) in [5.41, 5.74) is 0.317. The first-order valence-electron chi connectivity index (χ1n) is 10.6. The molecule has 1 N–H and O–H groups in total. The molecule has 0 aliphatic carbocycles. The van der Waals surface area contributed by atoms with E-state index in [1.807, 2.05) is 0 Å². The van der Waals surface area contributed by atoms with E-state index < -0.39 is 17.8 Å². The second-order valence-electron chi connectivity index (χ2n) is 7.50. The lowest BCUT2D eigenvalue weighted by molar-refractivity contribution is -0.122. The molecule has 10 heteroatoms. The van der Waals surface area contributed by atoms with Crippen LogP contribution in [0.15, 0.2) is 35.9 Å². The van der Waals surface area contributed by atoms with Crippen LogP contribution in [0.1, 0.15) is 38.2 Å². The molecule has 0 unspecified atom stereocenters. The molecule has 0 aromatic heterocycles. The van der Waals surface area contributed by atoms with Gasteiger partial charge in [-0.25, -0.2) is 9.69 Å². The molecule has 4 amide bonds. The summed E-state index contributed by atoms with van der Waals surface area (Å²) in [6.07, 6.45) is 5.50. The number of barbiturate groups is 1. The summed E-state index contributed by atoms with van der Waals surface area (Å²) in [6.45, 7) is 2.61. The first kappa shape index (κ1) is 25.9. The Morgan fingerprint density at radius 2 is 1.74 bits per heavy atom. The molecule has 7 nitrogen and oxygen atoms in total. The van der Waals surface area contributed by atoms with Crippen molar-refractivity contribution in [2.24, 2.45) is 0 Å². The number of hydrogen-bond donors (Lipinski definition) is 1. The van der Waals surface area contributed by atoms with E-state index in [0.29, 0.717) is 23.7 Å². The number of anilines is 1. The quantitative estimate of drug-likeness (QED) is 0.237. The minimum Gasteiger partial charge on any atom is -0.493 e. The van der Waals surface area contributed by atoms with Gasteiger partial charge in [0.25, 0.3) is 11.8 Å². The van der Waals surface area contributed by atoms with Crippen LogP contribution in [0.3, 0.4) is 0 Å². The van der Waals surface area contributed by atoms with E-state index in [1.54, 1.807) is 12.1 Å². The molecule has 1 saturated heterocycles. The summed E-state index contributed by atoms with van der Waals surface area (Å²) < 4.78 is 11.2. The van der Waals surface area contributed by atoms with Gasteiger partial charge in [0.15, 0.2) is 11.5 Å². The molecule has 2 aromatic carbocycles. The van der Waals surface area contributed by atoms with Crippen molar-refractivity contribution in [1.82, 2.24) is 5.32 Å².